The molecule has 0 radical (unpaired) electrons. The summed E-state index contributed by atoms with van der Waals surface area (Å²) in [7, 11) is 0. The lowest BCUT2D eigenvalue weighted by Crippen LogP contribution is -2.31. The molecule has 3 rings (SSSR count). The molecule has 1 aliphatic heterocycles. The third-order valence-corrected chi connectivity index (χ3v) is 3.45. The van der Waals surface area contributed by atoms with Crippen molar-refractivity contribution in [2.45, 2.75) is 19.4 Å². The van der Waals surface area contributed by atoms with Gasteiger partial charge in [0.1, 0.15) is 6.10 Å². The Labute approximate surface area is 116 Å². The van der Waals surface area contributed by atoms with Crippen molar-refractivity contribution < 1.29 is 9.53 Å². The highest BCUT2D eigenvalue weighted by Crippen LogP contribution is 2.22. The van der Waals surface area contributed by atoms with Crippen molar-refractivity contribution >= 4 is 11.6 Å². The lowest BCUT2D eigenvalue weighted by atomic mass is 10.0. The van der Waals surface area contributed by atoms with Gasteiger partial charge in [0.25, 0.3) is 5.91 Å². The minimum absolute atomic E-state index is 0.0919. The van der Waals surface area contributed by atoms with E-state index >= 15 is 0 Å². The summed E-state index contributed by atoms with van der Waals surface area (Å²) in [5.41, 5.74) is 1.58. The number of carbonyl (C=O) groups is 1. The fourth-order valence-electron chi connectivity index (χ4n) is 2.32. The molecule has 104 valence electrons. The summed E-state index contributed by atoms with van der Waals surface area (Å²) in [6.07, 6.45) is 3.93. The van der Waals surface area contributed by atoms with E-state index in [1.807, 2.05) is 31.2 Å². The summed E-state index contributed by atoms with van der Waals surface area (Å²) in [5.74, 6) is 0.166. The molecule has 0 bridgehead atoms. The summed E-state index contributed by atoms with van der Waals surface area (Å²) in [6.45, 7) is 2.68. The summed E-state index contributed by atoms with van der Waals surface area (Å²) in [6, 6.07) is 7.47. The van der Waals surface area contributed by atoms with Gasteiger partial charge in [-0.2, -0.15) is 0 Å². The van der Waals surface area contributed by atoms with Gasteiger partial charge < -0.3 is 10.1 Å². The number of anilines is 1. The average molecular weight is 272 g/mol. The van der Waals surface area contributed by atoms with Crippen LogP contribution in [0, 0.1) is 5.92 Å². The molecule has 1 aliphatic rings. The first-order valence-corrected chi connectivity index (χ1v) is 6.63. The first-order chi connectivity index (χ1) is 9.74. The number of carbonyl (C=O) groups excluding carboxylic acids is 1. The van der Waals surface area contributed by atoms with Gasteiger partial charge in [-0.05, 0) is 30.5 Å². The van der Waals surface area contributed by atoms with Crippen molar-refractivity contribution in [3.8, 4) is 5.69 Å². The lowest BCUT2D eigenvalue weighted by molar-refractivity contribution is -0.126. The minimum atomic E-state index is -0.356. The van der Waals surface area contributed by atoms with E-state index in [1.54, 1.807) is 17.1 Å². The van der Waals surface area contributed by atoms with Crippen LogP contribution in [0.25, 0.3) is 5.69 Å². The standard InChI is InChI=1S/C14H16N4O2/c1-10-5-8-20-13(10)14(19)16-11-3-2-4-12(9-11)18-7-6-15-17-18/h2-4,6-7,9-10,13H,5,8H2,1H3,(H,16,19)/t10-,13-/m1/s1. The van der Waals surface area contributed by atoms with Crippen molar-refractivity contribution in [1.82, 2.24) is 15.0 Å². The molecule has 6 heteroatoms. The zero-order valence-corrected chi connectivity index (χ0v) is 11.2. The van der Waals surface area contributed by atoms with Crippen molar-refractivity contribution in [1.29, 1.82) is 0 Å². The van der Waals surface area contributed by atoms with Crippen molar-refractivity contribution in [3.05, 3.63) is 36.7 Å². The predicted octanol–water partition coefficient (Wildman–Crippen LogP) is 1.63. The molecule has 0 unspecified atom stereocenters. The summed E-state index contributed by atoms with van der Waals surface area (Å²) in [5, 5.41) is 10.6. The van der Waals surface area contributed by atoms with E-state index in [9.17, 15) is 4.79 Å². The van der Waals surface area contributed by atoms with Crippen LogP contribution >= 0.6 is 0 Å². The number of hydrogen-bond acceptors (Lipinski definition) is 4. The van der Waals surface area contributed by atoms with Gasteiger partial charge in [0, 0.05) is 12.3 Å². The van der Waals surface area contributed by atoms with Gasteiger partial charge >= 0.3 is 0 Å². The number of benzene rings is 1. The smallest absolute Gasteiger partial charge is 0.253 e. The van der Waals surface area contributed by atoms with Gasteiger partial charge in [-0.1, -0.05) is 18.2 Å². The largest absolute Gasteiger partial charge is 0.368 e. The van der Waals surface area contributed by atoms with E-state index in [0.717, 1.165) is 17.8 Å². The first kappa shape index (κ1) is 12.8. The maximum absolute atomic E-state index is 12.2. The van der Waals surface area contributed by atoms with Crippen molar-refractivity contribution in [3.63, 3.8) is 0 Å². The van der Waals surface area contributed by atoms with Gasteiger partial charge in [-0.3, -0.25) is 4.79 Å². The molecular weight excluding hydrogens is 256 g/mol. The molecule has 6 nitrogen and oxygen atoms in total. The molecule has 0 saturated carbocycles. The van der Waals surface area contributed by atoms with Crippen LogP contribution in [0.5, 0.6) is 0 Å². The van der Waals surface area contributed by atoms with E-state index in [1.165, 1.54) is 0 Å². The molecule has 0 spiro atoms. The van der Waals surface area contributed by atoms with Crippen molar-refractivity contribution in [2.75, 3.05) is 11.9 Å². The predicted molar refractivity (Wildman–Crippen MR) is 73.5 cm³/mol. The molecule has 2 heterocycles. The highest BCUT2D eigenvalue weighted by molar-refractivity contribution is 5.94. The fourth-order valence-corrected chi connectivity index (χ4v) is 2.32. The molecule has 2 atom stereocenters. The maximum atomic E-state index is 12.2. The van der Waals surface area contributed by atoms with Crippen LogP contribution in [0.3, 0.4) is 0 Å². The highest BCUT2D eigenvalue weighted by Gasteiger charge is 2.30. The number of ether oxygens (including phenoxy) is 1. The second-order valence-electron chi connectivity index (χ2n) is 4.94. The molecule has 1 amide bonds. The molecule has 0 aliphatic carbocycles. The number of rotatable bonds is 3. The Balaban J connectivity index is 1.74. The summed E-state index contributed by atoms with van der Waals surface area (Å²) in [4.78, 5) is 12.2. The molecule has 1 aromatic heterocycles. The SMILES string of the molecule is C[C@@H]1CCO[C@H]1C(=O)Nc1cccc(-n2ccnn2)c1. The Hall–Kier alpha value is -2.21. The van der Waals surface area contributed by atoms with E-state index in [4.69, 9.17) is 4.74 Å². The van der Waals surface area contributed by atoms with Crippen LogP contribution in [-0.4, -0.2) is 33.6 Å². The minimum Gasteiger partial charge on any atom is -0.368 e. The highest BCUT2D eigenvalue weighted by atomic mass is 16.5. The first-order valence-electron chi connectivity index (χ1n) is 6.63. The van der Waals surface area contributed by atoms with Crippen molar-refractivity contribution in [2.24, 2.45) is 5.92 Å². The van der Waals surface area contributed by atoms with Gasteiger partial charge in [0.15, 0.2) is 0 Å². The third kappa shape index (κ3) is 2.55. The zero-order valence-electron chi connectivity index (χ0n) is 11.2. The fraction of sp³-hybridized carbons (Fsp3) is 0.357. The topological polar surface area (TPSA) is 69.0 Å². The molecule has 1 N–H and O–H groups in total. The number of aromatic nitrogens is 3. The molecule has 1 fully saturated rings. The zero-order chi connectivity index (χ0) is 13.9. The third-order valence-electron chi connectivity index (χ3n) is 3.45. The Kier molecular flexibility index (Phi) is 3.47. The number of amides is 1. The monoisotopic (exact) mass is 272 g/mol. The van der Waals surface area contributed by atoms with Gasteiger partial charge in [-0.25, -0.2) is 4.68 Å². The lowest BCUT2D eigenvalue weighted by Gasteiger charge is -2.14. The Bertz CT molecular complexity index is 597. The quantitative estimate of drug-likeness (QED) is 0.922. The van der Waals surface area contributed by atoms with E-state index < -0.39 is 0 Å². The Morgan fingerprint density at radius 3 is 3.10 bits per heavy atom. The van der Waals surface area contributed by atoms with E-state index in [2.05, 4.69) is 15.6 Å². The van der Waals surface area contributed by atoms with Crippen LogP contribution in [0.2, 0.25) is 0 Å². The van der Waals surface area contributed by atoms with E-state index in [0.29, 0.717) is 6.61 Å². The Morgan fingerprint density at radius 2 is 2.40 bits per heavy atom. The summed E-state index contributed by atoms with van der Waals surface area (Å²) < 4.78 is 7.11. The van der Waals surface area contributed by atoms with E-state index in [-0.39, 0.29) is 17.9 Å². The Morgan fingerprint density at radius 1 is 1.50 bits per heavy atom. The van der Waals surface area contributed by atoms with Crippen LogP contribution in [-0.2, 0) is 9.53 Å². The maximum Gasteiger partial charge on any atom is 0.253 e. The van der Waals surface area contributed by atoms with Gasteiger partial charge in [0.05, 0.1) is 18.1 Å². The molecule has 20 heavy (non-hydrogen) atoms. The second kappa shape index (κ2) is 5.42. The van der Waals surface area contributed by atoms with Gasteiger partial charge in [0.2, 0.25) is 0 Å². The normalized spacial score (nSPS) is 21.9. The summed E-state index contributed by atoms with van der Waals surface area (Å²) >= 11 is 0. The molecule has 2 aromatic rings. The molecule has 1 aromatic carbocycles. The van der Waals surface area contributed by atoms with Gasteiger partial charge in [-0.15, -0.1) is 5.10 Å². The number of nitrogens with one attached hydrogen (secondary N) is 1. The van der Waals surface area contributed by atoms with Crippen LogP contribution in [0.15, 0.2) is 36.7 Å². The molecule has 1 saturated heterocycles. The van der Waals surface area contributed by atoms with Crippen LogP contribution in [0.1, 0.15) is 13.3 Å². The molecular formula is C14H16N4O2. The number of hydrogen-bond donors (Lipinski definition) is 1. The van der Waals surface area contributed by atoms with Crippen LogP contribution in [0.4, 0.5) is 5.69 Å². The second-order valence-corrected chi connectivity index (χ2v) is 4.94. The average Bonchev–Trinajstić information content (AvgIpc) is 3.09. The van der Waals surface area contributed by atoms with Crippen LogP contribution < -0.4 is 5.32 Å². The number of nitrogens with zero attached hydrogens (tertiary/aromatic N) is 3.